The number of aryl methyl sites for hydroxylation is 1. The van der Waals surface area contributed by atoms with Gasteiger partial charge < -0.3 is 14.0 Å². The Labute approximate surface area is 279 Å². The van der Waals surface area contributed by atoms with E-state index in [2.05, 4.69) is 46.3 Å². The highest BCUT2D eigenvalue weighted by molar-refractivity contribution is 7.83. The van der Waals surface area contributed by atoms with Gasteiger partial charge in [-0.3, -0.25) is 23.8 Å². The summed E-state index contributed by atoms with van der Waals surface area (Å²) in [6.45, 7) is -0.599. The van der Waals surface area contributed by atoms with Gasteiger partial charge in [0.25, 0.3) is 5.56 Å². The minimum Gasteiger partial charge on any atom is -0.383 e. The molecule has 12 heteroatoms. The third-order valence-corrected chi connectivity index (χ3v) is 11.6. The number of rotatable bonds is 11. The molecule has 1 unspecified atom stereocenters. The van der Waals surface area contributed by atoms with E-state index in [4.69, 9.17) is 25.2 Å². The number of morpholine rings is 1. The number of nitrogens with zero attached hydrogens (tertiary/aromatic N) is 3. The maximum absolute atomic E-state index is 13.8. The SMILES string of the molecule is COC[C@@H]1CCCN1P(=O)(Cl)OC[C@@H]1CN(C(c2ccccc2)(c2ccccc2)c2ccccc2)C[C@H](n2cc(C)c(=O)[nH]c2=O)O1. The Kier molecular flexibility index (Phi) is 10.3. The van der Waals surface area contributed by atoms with Crippen LogP contribution in [0.5, 0.6) is 0 Å². The van der Waals surface area contributed by atoms with Crippen LogP contribution in [-0.4, -0.2) is 71.2 Å². The van der Waals surface area contributed by atoms with Gasteiger partial charge in [0.2, 0.25) is 0 Å². The maximum atomic E-state index is 13.8. The second-order valence-electron chi connectivity index (χ2n) is 12.1. The second-order valence-corrected chi connectivity index (χ2v) is 15.0. The van der Waals surface area contributed by atoms with Crippen LogP contribution in [0.25, 0.3) is 0 Å². The number of aromatic nitrogens is 2. The number of halogens is 1. The Morgan fingerprint density at radius 2 is 1.49 bits per heavy atom. The Morgan fingerprint density at radius 1 is 0.915 bits per heavy atom. The molecule has 2 aliphatic heterocycles. The van der Waals surface area contributed by atoms with E-state index in [9.17, 15) is 14.2 Å². The van der Waals surface area contributed by atoms with Gasteiger partial charge in [0.15, 0.2) is 6.23 Å². The van der Waals surface area contributed by atoms with Gasteiger partial charge in [-0.05, 0) is 47.7 Å². The molecule has 248 valence electrons. The standard InChI is InChI=1S/C35H40ClN4O6P/c1-26-21-39(34(42)37-33(26)41)32-23-38(22-31(46-32)25-45-47(36,43)40-20-12-19-30(40)24-44-2)35(27-13-6-3-7-14-27,28-15-8-4-9-16-28)29-17-10-5-11-18-29/h3-11,13-18,21,30-32H,12,19-20,22-25H2,1-2H3,(H,37,41,42)/t30-,31-,32+,47?/m0/s1. The summed E-state index contributed by atoms with van der Waals surface area (Å²) in [5, 5.41) is 0. The van der Waals surface area contributed by atoms with Gasteiger partial charge >= 0.3 is 12.6 Å². The zero-order chi connectivity index (χ0) is 33.0. The van der Waals surface area contributed by atoms with Gasteiger partial charge in [-0.25, -0.2) is 9.46 Å². The molecule has 10 nitrogen and oxygen atoms in total. The molecule has 2 fully saturated rings. The number of nitrogens with one attached hydrogen (secondary N) is 1. The first kappa shape index (κ1) is 33.6. The number of hydrogen-bond acceptors (Lipinski definition) is 7. The van der Waals surface area contributed by atoms with Crippen LogP contribution in [0.3, 0.4) is 0 Å². The number of hydrogen-bond donors (Lipinski definition) is 1. The summed E-state index contributed by atoms with van der Waals surface area (Å²) in [4.78, 5) is 30.3. The molecule has 2 saturated heterocycles. The number of H-pyrrole nitrogens is 1. The molecule has 0 amide bonds. The highest BCUT2D eigenvalue weighted by atomic mass is 35.7. The van der Waals surface area contributed by atoms with Crippen molar-refractivity contribution in [2.45, 2.75) is 43.7 Å². The van der Waals surface area contributed by atoms with E-state index in [0.29, 0.717) is 25.3 Å². The van der Waals surface area contributed by atoms with Crippen LogP contribution in [0, 0.1) is 6.92 Å². The molecule has 4 aromatic rings. The van der Waals surface area contributed by atoms with Crippen molar-refractivity contribution in [1.82, 2.24) is 19.1 Å². The lowest BCUT2D eigenvalue weighted by molar-refractivity contribution is -0.148. The summed E-state index contributed by atoms with van der Waals surface area (Å²) in [7, 11) is 1.61. The number of benzene rings is 3. The topological polar surface area (TPSA) is 106 Å². The summed E-state index contributed by atoms with van der Waals surface area (Å²) >= 11 is 6.66. The summed E-state index contributed by atoms with van der Waals surface area (Å²) in [6.07, 6.45) is 1.70. The Balaban J connectivity index is 1.46. The van der Waals surface area contributed by atoms with Crippen molar-refractivity contribution >= 4 is 18.1 Å². The van der Waals surface area contributed by atoms with Gasteiger partial charge in [-0.2, -0.15) is 0 Å². The van der Waals surface area contributed by atoms with E-state index in [-0.39, 0.29) is 19.2 Å². The van der Waals surface area contributed by atoms with Crippen molar-refractivity contribution in [1.29, 1.82) is 0 Å². The zero-order valence-electron chi connectivity index (χ0n) is 26.5. The lowest BCUT2D eigenvalue weighted by Gasteiger charge is -2.50. The lowest BCUT2D eigenvalue weighted by Crippen LogP contribution is -2.58. The molecule has 0 spiro atoms. The molecule has 6 rings (SSSR count). The first-order valence-electron chi connectivity index (χ1n) is 15.8. The van der Waals surface area contributed by atoms with Crippen molar-refractivity contribution in [3.8, 4) is 0 Å². The van der Waals surface area contributed by atoms with Crippen molar-refractivity contribution in [2.24, 2.45) is 0 Å². The van der Waals surface area contributed by atoms with E-state index in [1.807, 2.05) is 54.6 Å². The van der Waals surface area contributed by atoms with Crippen LogP contribution >= 0.6 is 18.1 Å². The first-order valence-corrected chi connectivity index (χ1v) is 18.3. The van der Waals surface area contributed by atoms with E-state index in [1.165, 1.54) is 10.8 Å². The van der Waals surface area contributed by atoms with Gasteiger partial charge in [0.05, 0.1) is 24.9 Å². The predicted octanol–water partition coefficient (Wildman–Crippen LogP) is 5.51. The molecule has 1 N–H and O–H groups in total. The molecular weight excluding hydrogens is 639 g/mol. The van der Waals surface area contributed by atoms with Crippen molar-refractivity contribution in [3.63, 3.8) is 0 Å². The lowest BCUT2D eigenvalue weighted by atomic mass is 9.75. The number of aromatic amines is 1. The Morgan fingerprint density at radius 3 is 2.04 bits per heavy atom. The van der Waals surface area contributed by atoms with E-state index in [0.717, 1.165) is 29.5 Å². The molecule has 4 atom stereocenters. The molecule has 0 bridgehead atoms. The van der Waals surface area contributed by atoms with E-state index >= 15 is 0 Å². The van der Waals surface area contributed by atoms with Crippen molar-refractivity contribution < 1.29 is 18.6 Å². The summed E-state index contributed by atoms with van der Waals surface area (Å²) in [5.41, 5.74) is 1.57. The first-order chi connectivity index (χ1) is 22.7. The van der Waals surface area contributed by atoms with E-state index < -0.39 is 36.0 Å². The smallest absolute Gasteiger partial charge is 0.363 e. The third kappa shape index (κ3) is 6.82. The minimum atomic E-state index is -3.73. The molecule has 3 heterocycles. The average molecular weight is 679 g/mol. The largest absolute Gasteiger partial charge is 0.383 e. The average Bonchev–Trinajstić information content (AvgIpc) is 3.57. The van der Waals surface area contributed by atoms with Crippen LogP contribution < -0.4 is 11.2 Å². The highest BCUT2D eigenvalue weighted by Crippen LogP contribution is 2.59. The maximum Gasteiger partial charge on any atom is 0.363 e. The zero-order valence-corrected chi connectivity index (χ0v) is 28.2. The molecule has 0 saturated carbocycles. The summed E-state index contributed by atoms with van der Waals surface area (Å²) < 4.78 is 34.9. The monoisotopic (exact) mass is 678 g/mol. The quantitative estimate of drug-likeness (QED) is 0.164. The number of methoxy groups -OCH3 is 1. The normalized spacial score (nSPS) is 22.2. The number of ether oxygens (including phenoxy) is 2. The van der Waals surface area contributed by atoms with Gasteiger partial charge in [0, 0.05) is 44.5 Å². The fourth-order valence-electron chi connectivity index (χ4n) is 6.97. The van der Waals surface area contributed by atoms with Gasteiger partial charge in [0.1, 0.15) is 0 Å². The van der Waals surface area contributed by atoms with Crippen LogP contribution in [0.1, 0.15) is 41.3 Å². The second kappa shape index (κ2) is 14.4. The molecule has 0 radical (unpaired) electrons. The van der Waals surface area contributed by atoms with Gasteiger partial charge in [-0.1, -0.05) is 91.0 Å². The summed E-state index contributed by atoms with van der Waals surface area (Å²) in [6, 6.07) is 30.5. The molecular formula is C35H40ClN4O6P. The van der Waals surface area contributed by atoms with Crippen LogP contribution in [-0.2, 0) is 24.1 Å². The van der Waals surface area contributed by atoms with Crippen molar-refractivity contribution in [3.05, 3.63) is 140 Å². The Hall–Kier alpha value is -3.34. The fraction of sp³-hybridized carbons (Fsp3) is 0.371. The third-order valence-electron chi connectivity index (χ3n) is 9.09. The van der Waals surface area contributed by atoms with Crippen LogP contribution in [0.2, 0.25) is 0 Å². The molecule has 3 aromatic carbocycles. The van der Waals surface area contributed by atoms with E-state index in [1.54, 1.807) is 18.7 Å². The predicted molar refractivity (Wildman–Crippen MR) is 182 cm³/mol. The molecule has 47 heavy (non-hydrogen) atoms. The minimum absolute atomic E-state index is 0.0878. The van der Waals surface area contributed by atoms with Crippen LogP contribution in [0.15, 0.2) is 107 Å². The Bertz CT molecular complexity index is 1710. The molecule has 1 aromatic heterocycles. The fourth-order valence-corrected chi connectivity index (χ4v) is 9.19. The van der Waals surface area contributed by atoms with Gasteiger partial charge in [-0.15, -0.1) is 0 Å². The summed E-state index contributed by atoms with van der Waals surface area (Å²) in [5.74, 6) is 0. The highest BCUT2D eigenvalue weighted by Gasteiger charge is 2.47. The molecule has 0 aliphatic carbocycles. The van der Waals surface area contributed by atoms with Crippen molar-refractivity contribution in [2.75, 3.05) is 40.0 Å². The molecule has 2 aliphatic rings. The van der Waals surface area contributed by atoms with Crippen LogP contribution in [0.4, 0.5) is 0 Å².